The summed E-state index contributed by atoms with van der Waals surface area (Å²) in [6.07, 6.45) is 1.59. The van der Waals surface area contributed by atoms with Crippen LogP contribution in [0.15, 0.2) is 72.8 Å². The second-order valence-electron chi connectivity index (χ2n) is 8.23. The molecule has 0 spiro atoms. The van der Waals surface area contributed by atoms with Crippen LogP contribution in [0.4, 0.5) is 5.69 Å². The third-order valence-electron chi connectivity index (χ3n) is 5.47. The van der Waals surface area contributed by atoms with Gasteiger partial charge in [0.1, 0.15) is 0 Å². The molecule has 35 heavy (non-hydrogen) atoms. The van der Waals surface area contributed by atoms with Crippen molar-refractivity contribution in [2.75, 3.05) is 5.32 Å². The normalized spacial score (nSPS) is 10.7. The lowest BCUT2D eigenvalue weighted by molar-refractivity contribution is -0.132. The highest BCUT2D eigenvalue weighted by atomic mass is 35.5. The maximum atomic E-state index is 12.6. The molecule has 0 aliphatic carbocycles. The van der Waals surface area contributed by atoms with Crippen LogP contribution in [0.2, 0.25) is 5.02 Å². The van der Waals surface area contributed by atoms with E-state index in [-0.39, 0.29) is 5.91 Å². The van der Waals surface area contributed by atoms with E-state index in [1.807, 2.05) is 43.3 Å². The molecule has 0 bridgehead atoms. The fourth-order valence-corrected chi connectivity index (χ4v) is 4.02. The molecule has 4 rings (SSSR count). The fourth-order valence-electron chi connectivity index (χ4n) is 3.80. The Hall–Kier alpha value is -3.90. The number of nitrogens with zero attached hydrogens (tertiary/aromatic N) is 2. The van der Waals surface area contributed by atoms with E-state index < -0.39 is 5.97 Å². The number of ether oxygens (including phenoxy) is 1. The standard InChI is InChI=1S/C28H26ClN3O3/c1-4-7-25-26(28(35-19(3)33)32(31-25)22-16-10-18(2)11-17-22)20-12-14-21(15-13-20)30-27(34)23-8-5-6-9-24(23)29/h5-6,8-17H,4,7H2,1-3H3,(H,30,34). The topological polar surface area (TPSA) is 73.2 Å². The van der Waals surface area contributed by atoms with Crippen LogP contribution in [0, 0.1) is 6.92 Å². The Balaban J connectivity index is 1.72. The molecular weight excluding hydrogens is 462 g/mol. The number of benzene rings is 3. The molecule has 0 unspecified atom stereocenters. The number of carbonyl (C=O) groups is 2. The van der Waals surface area contributed by atoms with E-state index in [0.29, 0.717) is 28.6 Å². The van der Waals surface area contributed by atoms with Gasteiger partial charge in [-0.25, -0.2) is 0 Å². The molecule has 3 aromatic carbocycles. The average molecular weight is 488 g/mol. The molecule has 4 aromatic rings. The summed E-state index contributed by atoms with van der Waals surface area (Å²) in [5.41, 5.74) is 5.37. The van der Waals surface area contributed by atoms with Crippen molar-refractivity contribution in [3.8, 4) is 22.7 Å². The number of halogens is 1. The fraction of sp³-hybridized carbons (Fsp3) is 0.179. The van der Waals surface area contributed by atoms with Crippen LogP contribution in [0.5, 0.6) is 5.88 Å². The van der Waals surface area contributed by atoms with Crippen LogP contribution in [0.1, 0.15) is 41.9 Å². The number of rotatable bonds is 7. The van der Waals surface area contributed by atoms with E-state index in [1.165, 1.54) is 6.92 Å². The molecule has 0 radical (unpaired) electrons. The molecule has 0 atom stereocenters. The summed E-state index contributed by atoms with van der Waals surface area (Å²) in [5, 5.41) is 8.06. The van der Waals surface area contributed by atoms with Crippen molar-refractivity contribution in [2.24, 2.45) is 0 Å². The van der Waals surface area contributed by atoms with Crippen molar-refractivity contribution in [3.63, 3.8) is 0 Å². The van der Waals surface area contributed by atoms with Gasteiger partial charge in [-0.2, -0.15) is 9.78 Å². The van der Waals surface area contributed by atoms with E-state index in [2.05, 4.69) is 12.2 Å². The molecule has 0 aliphatic rings. The average Bonchev–Trinajstić information content (AvgIpc) is 3.17. The van der Waals surface area contributed by atoms with Crippen LogP contribution in [-0.2, 0) is 11.2 Å². The van der Waals surface area contributed by atoms with Gasteiger partial charge in [0.25, 0.3) is 5.91 Å². The first-order chi connectivity index (χ1) is 16.9. The van der Waals surface area contributed by atoms with Crippen molar-refractivity contribution in [1.82, 2.24) is 9.78 Å². The van der Waals surface area contributed by atoms with Crippen molar-refractivity contribution < 1.29 is 14.3 Å². The molecule has 0 fully saturated rings. The molecule has 1 N–H and O–H groups in total. The second-order valence-corrected chi connectivity index (χ2v) is 8.64. The summed E-state index contributed by atoms with van der Waals surface area (Å²) < 4.78 is 7.36. The van der Waals surface area contributed by atoms with Crippen LogP contribution >= 0.6 is 11.6 Å². The summed E-state index contributed by atoms with van der Waals surface area (Å²) in [4.78, 5) is 24.6. The summed E-state index contributed by atoms with van der Waals surface area (Å²) in [7, 11) is 0. The largest absolute Gasteiger partial charge is 0.407 e. The van der Waals surface area contributed by atoms with E-state index in [4.69, 9.17) is 21.4 Å². The van der Waals surface area contributed by atoms with Gasteiger partial charge in [-0.3, -0.25) is 9.59 Å². The van der Waals surface area contributed by atoms with Crippen LogP contribution in [-0.4, -0.2) is 21.7 Å². The Kier molecular flexibility index (Phi) is 7.32. The first kappa shape index (κ1) is 24.2. The summed E-state index contributed by atoms with van der Waals surface area (Å²) >= 11 is 6.15. The lowest BCUT2D eigenvalue weighted by Crippen LogP contribution is -2.12. The van der Waals surface area contributed by atoms with E-state index in [0.717, 1.165) is 34.5 Å². The van der Waals surface area contributed by atoms with E-state index in [1.54, 1.807) is 41.1 Å². The van der Waals surface area contributed by atoms with E-state index >= 15 is 0 Å². The molecule has 1 amide bonds. The number of nitrogens with one attached hydrogen (secondary N) is 1. The van der Waals surface area contributed by atoms with Gasteiger partial charge >= 0.3 is 5.97 Å². The maximum Gasteiger partial charge on any atom is 0.309 e. The number of aromatic nitrogens is 2. The summed E-state index contributed by atoms with van der Waals surface area (Å²) in [6, 6.07) is 22.1. The van der Waals surface area contributed by atoms with Gasteiger partial charge in [0, 0.05) is 12.6 Å². The number of carbonyl (C=O) groups excluding carboxylic acids is 2. The highest BCUT2D eigenvalue weighted by Crippen LogP contribution is 2.37. The van der Waals surface area contributed by atoms with Crippen LogP contribution in [0.3, 0.4) is 0 Å². The second kappa shape index (κ2) is 10.6. The predicted molar refractivity (Wildman–Crippen MR) is 138 cm³/mol. The zero-order chi connectivity index (χ0) is 24.9. The summed E-state index contributed by atoms with van der Waals surface area (Å²) in [5.74, 6) is -0.341. The predicted octanol–water partition coefficient (Wildman–Crippen LogP) is 6.63. The highest BCUT2D eigenvalue weighted by molar-refractivity contribution is 6.34. The first-order valence-corrected chi connectivity index (χ1v) is 11.8. The SMILES string of the molecule is CCCc1nn(-c2ccc(C)cc2)c(OC(C)=O)c1-c1ccc(NC(=O)c2ccccc2Cl)cc1. The number of hydrogen-bond donors (Lipinski definition) is 1. The Morgan fingerprint density at radius 2 is 1.69 bits per heavy atom. The third kappa shape index (κ3) is 5.44. The number of aryl methyl sites for hydroxylation is 2. The van der Waals surface area contributed by atoms with Gasteiger partial charge < -0.3 is 10.1 Å². The molecular formula is C28H26ClN3O3. The molecule has 6 nitrogen and oxygen atoms in total. The minimum absolute atomic E-state index is 0.289. The highest BCUT2D eigenvalue weighted by Gasteiger charge is 2.23. The number of amides is 1. The lowest BCUT2D eigenvalue weighted by atomic mass is 10.0. The summed E-state index contributed by atoms with van der Waals surface area (Å²) in [6.45, 7) is 5.47. The van der Waals surface area contributed by atoms with Crippen molar-refractivity contribution in [3.05, 3.63) is 94.6 Å². The van der Waals surface area contributed by atoms with Gasteiger partial charge in [0.05, 0.1) is 27.5 Å². The Morgan fingerprint density at radius 1 is 1.00 bits per heavy atom. The molecule has 1 heterocycles. The Bertz CT molecular complexity index is 1360. The van der Waals surface area contributed by atoms with Crippen molar-refractivity contribution in [2.45, 2.75) is 33.6 Å². The number of anilines is 1. The molecule has 7 heteroatoms. The van der Waals surface area contributed by atoms with Crippen LogP contribution < -0.4 is 10.1 Å². The molecule has 0 saturated heterocycles. The first-order valence-electron chi connectivity index (χ1n) is 11.4. The van der Waals surface area contributed by atoms with Crippen molar-refractivity contribution in [1.29, 1.82) is 0 Å². The Morgan fingerprint density at radius 3 is 2.31 bits per heavy atom. The monoisotopic (exact) mass is 487 g/mol. The van der Waals surface area contributed by atoms with Gasteiger partial charge in [0.2, 0.25) is 5.88 Å². The van der Waals surface area contributed by atoms with Gasteiger partial charge in [0.15, 0.2) is 0 Å². The minimum atomic E-state index is -0.425. The van der Waals surface area contributed by atoms with Gasteiger partial charge in [-0.1, -0.05) is 66.9 Å². The number of esters is 1. The Labute approximate surface area is 209 Å². The zero-order valence-corrected chi connectivity index (χ0v) is 20.6. The zero-order valence-electron chi connectivity index (χ0n) is 19.8. The maximum absolute atomic E-state index is 12.6. The molecule has 178 valence electrons. The lowest BCUT2D eigenvalue weighted by Gasteiger charge is -2.11. The smallest absolute Gasteiger partial charge is 0.309 e. The van der Waals surface area contributed by atoms with E-state index in [9.17, 15) is 9.59 Å². The van der Waals surface area contributed by atoms with Gasteiger partial charge in [-0.05, 0) is 55.3 Å². The van der Waals surface area contributed by atoms with Gasteiger partial charge in [-0.15, -0.1) is 0 Å². The number of hydrogen-bond acceptors (Lipinski definition) is 4. The molecule has 0 saturated carbocycles. The quantitative estimate of drug-likeness (QED) is 0.297. The van der Waals surface area contributed by atoms with Crippen molar-refractivity contribution >= 4 is 29.2 Å². The third-order valence-corrected chi connectivity index (χ3v) is 5.80. The molecule has 1 aromatic heterocycles. The molecule has 0 aliphatic heterocycles. The minimum Gasteiger partial charge on any atom is -0.407 e. The van der Waals surface area contributed by atoms with Crippen LogP contribution in [0.25, 0.3) is 16.8 Å².